The molecule has 0 radical (unpaired) electrons. The molecule has 0 aromatic carbocycles. The summed E-state index contributed by atoms with van der Waals surface area (Å²) in [6.07, 6.45) is 5.30. The van der Waals surface area contributed by atoms with Gasteiger partial charge in [-0.15, -0.1) is 0 Å². The normalized spacial score (nSPS) is 36.4. The number of rotatable bonds is 3. The molecule has 18 heavy (non-hydrogen) atoms. The zero-order valence-corrected chi connectivity index (χ0v) is 12.3. The van der Waals surface area contributed by atoms with Crippen LogP contribution in [0.15, 0.2) is 4.99 Å². The van der Waals surface area contributed by atoms with Gasteiger partial charge in [-0.25, -0.2) is 0 Å². The number of likely N-dealkylation sites (N-methyl/N-ethyl adjacent to an activating group) is 1. The number of hydrogen-bond donors (Lipinski definition) is 2. The van der Waals surface area contributed by atoms with Gasteiger partial charge in [-0.3, -0.25) is 4.99 Å². The molecule has 2 rings (SSSR count). The predicted octanol–water partition coefficient (Wildman–Crippen LogP) is 1.43. The van der Waals surface area contributed by atoms with E-state index in [0.29, 0.717) is 11.6 Å². The van der Waals surface area contributed by atoms with Gasteiger partial charge in [0.2, 0.25) is 0 Å². The molecule has 1 aliphatic heterocycles. The highest BCUT2D eigenvalue weighted by molar-refractivity contribution is 5.81. The third-order valence-electron chi connectivity index (χ3n) is 4.51. The van der Waals surface area contributed by atoms with Crippen molar-refractivity contribution in [2.24, 2.45) is 10.9 Å². The molecule has 1 saturated carbocycles. The van der Waals surface area contributed by atoms with E-state index in [1.807, 2.05) is 0 Å². The van der Waals surface area contributed by atoms with Gasteiger partial charge in [0, 0.05) is 18.1 Å². The third kappa shape index (κ3) is 2.97. The van der Waals surface area contributed by atoms with Crippen molar-refractivity contribution >= 4 is 5.96 Å². The molecule has 3 unspecified atom stereocenters. The van der Waals surface area contributed by atoms with Crippen molar-refractivity contribution in [3.8, 4) is 0 Å². The molecular formula is C14H28N4. The SMILES string of the molecule is CC1CCCC(CNC2=NCC(C)N2)(N(C)C)C1. The van der Waals surface area contributed by atoms with E-state index in [-0.39, 0.29) is 0 Å². The van der Waals surface area contributed by atoms with Crippen LogP contribution >= 0.6 is 0 Å². The molecule has 3 atom stereocenters. The van der Waals surface area contributed by atoms with Crippen molar-refractivity contribution in [1.29, 1.82) is 0 Å². The van der Waals surface area contributed by atoms with Crippen molar-refractivity contribution in [2.45, 2.75) is 51.1 Å². The van der Waals surface area contributed by atoms with Crippen molar-refractivity contribution in [3.63, 3.8) is 0 Å². The molecule has 4 nitrogen and oxygen atoms in total. The fourth-order valence-corrected chi connectivity index (χ4v) is 3.27. The van der Waals surface area contributed by atoms with Crippen LogP contribution < -0.4 is 10.6 Å². The Kier molecular flexibility index (Phi) is 4.15. The second-order valence-corrected chi connectivity index (χ2v) is 6.41. The van der Waals surface area contributed by atoms with Gasteiger partial charge in [0.05, 0.1) is 6.54 Å². The Labute approximate surface area is 111 Å². The Balaban J connectivity index is 1.94. The highest BCUT2D eigenvalue weighted by Crippen LogP contribution is 2.35. The van der Waals surface area contributed by atoms with Gasteiger partial charge in [-0.1, -0.05) is 19.8 Å². The Morgan fingerprint density at radius 3 is 2.78 bits per heavy atom. The monoisotopic (exact) mass is 252 g/mol. The Bertz CT molecular complexity index is 313. The molecule has 1 aliphatic carbocycles. The first-order valence-electron chi connectivity index (χ1n) is 7.24. The van der Waals surface area contributed by atoms with E-state index in [9.17, 15) is 0 Å². The minimum atomic E-state index is 0.299. The average Bonchev–Trinajstić information content (AvgIpc) is 2.72. The lowest BCUT2D eigenvalue weighted by Crippen LogP contribution is -2.56. The summed E-state index contributed by atoms with van der Waals surface area (Å²) in [5.74, 6) is 1.82. The molecule has 2 N–H and O–H groups in total. The molecule has 0 saturated heterocycles. The summed E-state index contributed by atoms with van der Waals surface area (Å²) in [5, 5.41) is 6.90. The molecule has 4 heteroatoms. The molecule has 2 aliphatic rings. The minimum absolute atomic E-state index is 0.299. The van der Waals surface area contributed by atoms with Crippen molar-refractivity contribution < 1.29 is 0 Å². The first-order valence-corrected chi connectivity index (χ1v) is 7.24. The van der Waals surface area contributed by atoms with Gasteiger partial charge >= 0.3 is 0 Å². The molecule has 104 valence electrons. The molecule has 1 fully saturated rings. The maximum absolute atomic E-state index is 4.49. The average molecular weight is 252 g/mol. The van der Waals surface area contributed by atoms with Crippen molar-refractivity contribution in [3.05, 3.63) is 0 Å². The summed E-state index contributed by atoms with van der Waals surface area (Å²) in [6.45, 7) is 6.45. The number of guanidine groups is 1. The molecule has 0 bridgehead atoms. The molecular weight excluding hydrogens is 224 g/mol. The van der Waals surface area contributed by atoms with E-state index in [1.54, 1.807) is 0 Å². The van der Waals surface area contributed by atoms with E-state index in [0.717, 1.165) is 25.0 Å². The molecule has 0 amide bonds. The Hall–Kier alpha value is -0.770. The van der Waals surface area contributed by atoms with E-state index >= 15 is 0 Å². The zero-order chi connectivity index (χ0) is 13.2. The minimum Gasteiger partial charge on any atom is -0.355 e. The fraction of sp³-hybridized carbons (Fsp3) is 0.929. The quantitative estimate of drug-likeness (QED) is 0.798. The van der Waals surface area contributed by atoms with Crippen LogP contribution in [0.25, 0.3) is 0 Å². The summed E-state index contributed by atoms with van der Waals surface area (Å²) in [4.78, 5) is 6.90. The van der Waals surface area contributed by atoms with Crippen molar-refractivity contribution in [1.82, 2.24) is 15.5 Å². The lowest BCUT2D eigenvalue weighted by Gasteiger charge is -2.45. The number of hydrogen-bond acceptors (Lipinski definition) is 4. The van der Waals surface area contributed by atoms with E-state index in [2.05, 4.69) is 48.5 Å². The third-order valence-corrected chi connectivity index (χ3v) is 4.51. The van der Waals surface area contributed by atoms with Gasteiger partial charge < -0.3 is 15.5 Å². The molecule has 0 aromatic rings. The zero-order valence-electron chi connectivity index (χ0n) is 12.3. The van der Waals surface area contributed by atoms with Gasteiger partial charge in [0.15, 0.2) is 5.96 Å². The second kappa shape index (κ2) is 5.47. The van der Waals surface area contributed by atoms with E-state index < -0.39 is 0 Å². The summed E-state index contributed by atoms with van der Waals surface area (Å²) < 4.78 is 0. The van der Waals surface area contributed by atoms with Crippen LogP contribution in [0.1, 0.15) is 39.5 Å². The second-order valence-electron chi connectivity index (χ2n) is 6.41. The number of nitrogens with zero attached hydrogens (tertiary/aromatic N) is 2. The summed E-state index contributed by atoms with van der Waals surface area (Å²) in [5.41, 5.74) is 0.299. The standard InChI is InChI=1S/C14H28N4/c1-11-6-5-7-14(8-11,18(3)4)10-16-13-15-9-12(2)17-13/h11-12H,5-10H2,1-4H3,(H2,15,16,17). The lowest BCUT2D eigenvalue weighted by molar-refractivity contribution is 0.0796. The molecule has 0 aromatic heterocycles. The maximum atomic E-state index is 4.49. The van der Waals surface area contributed by atoms with Gasteiger partial charge in [0.1, 0.15) is 0 Å². The summed E-state index contributed by atoms with van der Waals surface area (Å²) in [6, 6.07) is 0.480. The number of nitrogens with one attached hydrogen (secondary N) is 2. The van der Waals surface area contributed by atoms with Crippen LogP contribution in [0.4, 0.5) is 0 Å². The first kappa shape index (κ1) is 13.7. The molecule has 1 heterocycles. The van der Waals surface area contributed by atoms with Crippen LogP contribution in [0, 0.1) is 5.92 Å². The fourth-order valence-electron chi connectivity index (χ4n) is 3.27. The van der Waals surface area contributed by atoms with Gasteiger partial charge in [-0.2, -0.15) is 0 Å². The highest BCUT2D eigenvalue weighted by atomic mass is 15.3. The molecule has 0 spiro atoms. The maximum Gasteiger partial charge on any atom is 0.191 e. The first-order chi connectivity index (χ1) is 8.52. The van der Waals surface area contributed by atoms with Crippen LogP contribution in [-0.4, -0.2) is 49.6 Å². The van der Waals surface area contributed by atoms with Crippen LogP contribution in [-0.2, 0) is 0 Å². The topological polar surface area (TPSA) is 39.7 Å². The Morgan fingerprint density at radius 2 is 2.22 bits per heavy atom. The van der Waals surface area contributed by atoms with E-state index in [4.69, 9.17) is 0 Å². The smallest absolute Gasteiger partial charge is 0.191 e. The largest absolute Gasteiger partial charge is 0.355 e. The lowest BCUT2D eigenvalue weighted by atomic mass is 9.75. The highest BCUT2D eigenvalue weighted by Gasteiger charge is 2.37. The van der Waals surface area contributed by atoms with Gasteiger partial charge in [0.25, 0.3) is 0 Å². The van der Waals surface area contributed by atoms with Gasteiger partial charge in [-0.05, 0) is 39.8 Å². The van der Waals surface area contributed by atoms with Crippen LogP contribution in [0.5, 0.6) is 0 Å². The van der Waals surface area contributed by atoms with E-state index in [1.165, 1.54) is 25.7 Å². The summed E-state index contributed by atoms with van der Waals surface area (Å²) in [7, 11) is 4.43. The Morgan fingerprint density at radius 1 is 1.44 bits per heavy atom. The summed E-state index contributed by atoms with van der Waals surface area (Å²) >= 11 is 0. The van der Waals surface area contributed by atoms with Crippen LogP contribution in [0.3, 0.4) is 0 Å². The van der Waals surface area contributed by atoms with Crippen LogP contribution in [0.2, 0.25) is 0 Å². The predicted molar refractivity (Wildman–Crippen MR) is 77.0 cm³/mol. The number of aliphatic imine (C=N–C) groups is 1. The van der Waals surface area contributed by atoms with Crippen molar-refractivity contribution in [2.75, 3.05) is 27.2 Å².